The first-order chi connectivity index (χ1) is 8.90. The highest BCUT2D eigenvalue weighted by molar-refractivity contribution is 6.32. The predicted octanol–water partition coefficient (Wildman–Crippen LogP) is 1.84. The number of aliphatic carboxylic acids is 1. The molecule has 0 saturated carbocycles. The van der Waals surface area contributed by atoms with E-state index in [1.165, 1.54) is 13.0 Å². The number of benzene rings is 1. The van der Waals surface area contributed by atoms with E-state index in [0.29, 0.717) is 0 Å². The van der Waals surface area contributed by atoms with Crippen molar-refractivity contribution < 1.29 is 23.8 Å². The molecule has 1 unspecified atom stereocenters. The minimum absolute atomic E-state index is 0.0129. The van der Waals surface area contributed by atoms with Gasteiger partial charge in [-0.25, -0.2) is 4.39 Å². The van der Waals surface area contributed by atoms with E-state index in [2.05, 4.69) is 5.32 Å². The van der Waals surface area contributed by atoms with Crippen LogP contribution in [0.5, 0.6) is 5.75 Å². The van der Waals surface area contributed by atoms with Crippen LogP contribution < -0.4 is 10.1 Å². The fourth-order valence-electron chi connectivity index (χ4n) is 1.25. The minimum atomic E-state index is -1.00. The number of hydrogen-bond acceptors (Lipinski definition) is 3. The number of nitrogens with one attached hydrogen (secondary N) is 1. The monoisotopic (exact) mass is 289 g/mol. The first-order valence-corrected chi connectivity index (χ1v) is 5.89. The number of rotatable bonds is 6. The molecule has 1 rings (SSSR count). The molecule has 5 nitrogen and oxygen atoms in total. The third-order valence-corrected chi connectivity index (χ3v) is 2.50. The number of carbonyl (C=O) groups excluding carboxylic acids is 1. The molecule has 1 aromatic carbocycles. The van der Waals surface area contributed by atoms with Crippen molar-refractivity contribution in [3.63, 3.8) is 0 Å². The summed E-state index contributed by atoms with van der Waals surface area (Å²) in [5.74, 6) is -1.79. The van der Waals surface area contributed by atoms with Crippen molar-refractivity contribution in [3.05, 3.63) is 29.0 Å². The summed E-state index contributed by atoms with van der Waals surface area (Å²) in [6.45, 7) is 1.49. The zero-order valence-electron chi connectivity index (χ0n) is 10.2. The lowest BCUT2D eigenvalue weighted by Gasteiger charge is -2.15. The fraction of sp³-hybridized carbons (Fsp3) is 0.333. The Labute approximate surface area is 114 Å². The lowest BCUT2D eigenvalue weighted by Crippen LogP contribution is -2.37. The molecule has 0 aliphatic rings. The van der Waals surface area contributed by atoms with E-state index in [0.717, 1.165) is 12.1 Å². The number of carboxylic acid groups (broad SMARTS) is 1. The third-order valence-electron chi connectivity index (χ3n) is 2.20. The van der Waals surface area contributed by atoms with Gasteiger partial charge in [-0.05, 0) is 25.1 Å². The van der Waals surface area contributed by atoms with Gasteiger partial charge in [0, 0.05) is 6.54 Å². The second-order valence-electron chi connectivity index (χ2n) is 3.77. The highest BCUT2D eigenvalue weighted by Gasteiger charge is 2.16. The van der Waals surface area contributed by atoms with Gasteiger partial charge in [0.1, 0.15) is 11.6 Å². The van der Waals surface area contributed by atoms with Gasteiger partial charge < -0.3 is 15.2 Å². The van der Waals surface area contributed by atoms with Gasteiger partial charge in [-0.1, -0.05) is 11.6 Å². The second-order valence-corrected chi connectivity index (χ2v) is 4.18. The van der Waals surface area contributed by atoms with Gasteiger partial charge in [0.15, 0.2) is 6.10 Å². The molecule has 1 aromatic rings. The van der Waals surface area contributed by atoms with Crippen molar-refractivity contribution in [1.29, 1.82) is 0 Å². The molecule has 7 heteroatoms. The maximum absolute atomic E-state index is 12.8. The number of amides is 1. The van der Waals surface area contributed by atoms with Crippen LogP contribution in [-0.2, 0) is 9.59 Å². The molecule has 0 fully saturated rings. The molecule has 19 heavy (non-hydrogen) atoms. The molecule has 1 amide bonds. The van der Waals surface area contributed by atoms with Gasteiger partial charge in [0.25, 0.3) is 5.91 Å². The maximum atomic E-state index is 12.8. The van der Waals surface area contributed by atoms with Crippen molar-refractivity contribution >= 4 is 23.5 Å². The Morgan fingerprint density at radius 2 is 2.21 bits per heavy atom. The number of ether oxygens (including phenoxy) is 1. The van der Waals surface area contributed by atoms with Crippen LogP contribution in [0.3, 0.4) is 0 Å². The molecule has 0 aliphatic heterocycles. The number of halogens is 2. The maximum Gasteiger partial charge on any atom is 0.305 e. The van der Waals surface area contributed by atoms with Crippen LogP contribution in [0, 0.1) is 5.82 Å². The van der Waals surface area contributed by atoms with Crippen molar-refractivity contribution in [2.24, 2.45) is 0 Å². The molecule has 0 aromatic heterocycles. The summed E-state index contributed by atoms with van der Waals surface area (Å²) in [7, 11) is 0. The molecule has 0 bridgehead atoms. The SMILES string of the molecule is CC(Oc1ccc(F)cc1Cl)C(=O)NCCC(=O)O. The van der Waals surface area contributed by atoms with Crippen molar-refractivity contribution in [2.75, 3.05) is 6.54 Å². The smallest absolute Gasteiger partial charge is 0.305 e. The van der Waals surface area contributed by atoms with E-state index in [1.807, 2.05) is 0 Å². The standard InChI is InChI=1S/C12H13ClFNO4/c1-7(12(18)15-5-4-11(16)17)19-10-3-2-8(14)6-9(10)13/h2-3,6-7H,4-5H2,1H3,(H,15,18)(H,16,17). The fourth-order valence-corrected chi connectivity index (χ4v) is 1.46. The Balaban J connectivity index is 2.51. The largest absolute Gasteiger partial charge is 0.481 e. The van der Waals surface area contributed by atoms with Crippen LogP contribution in [0.25, 0.3) is 0 Å². The molecule has 1 atom stereocenters. The molecule has 0 spiro atoms. The summed E-state index contributed by atoms with van der Waals surface area (Å²) in [5, 5.41) is 10.9. The molecular formula is C12H13ClFNO4. The molecule has 0 saturated heterocycles. The highest BCUT2D eigenvalue weighted by atomic mass is 35.5. The number of carboxylic acids is 1. The van der Waals surface area contributed by atoms with Gasteiger partial charge in [0.05, 0.1) is 11.4 Å². The molecule has 104 valence electrons. The van der Waals surface area contributed by atoms with Crippen LogP contribution in [0.2, 0.25) is 5.02 Å². The summed E-state index contributed by atoms with van der Waals surface area (Å²) < 4.78 is 18.1. The third kappa shape index (κ3) is 5.13. The zero-order chi connectivity index (χ0) is 14.4. The zero-order valence-corrected chi connectivity index (χ0v) is 10.9. The Hall–Kier alpha value is -1.82. The second kappa shape index (κ2) is 6.94. The topological polar surface area (TPSA) is 75.6 Å². The van der Waals surface area contributed by atoms with Crippen LogP contribution >= 0.6 is 11.6 Å². The van der Waals surface area contributed by atoms with E-state index in [-0.39, 0.29) is 23.7 Å². The van der Waals surface area contributed by atoms with E-state index in [1.54, 1.807) is 0 Å². The minimum Gasteiger partial charge on any atom is -0.481 e. The highest BCUT2D eigenvalue weighted by Crippen LogP contribution is 2.25. The van der Waals surface area contributed by atoms with Crippen molar-refractivity contribution in [1.82, 2.24) is 5.32 Å². The van der Waals surface area contributed by atoms with Gasteiger partial charge in [-0.3, -0.25) is 9.59 Å². The average Bonchev–Trinajstić information content (AvgIpc) is 2.32. The number of carbonyl (C=O) groups is 2. The predicted molar refractivity (Wildman–Crippen MR) is 66.8 cm³/mol. The van der Waals surface area contributed by atoms with Crippen LogP contribution in [0.4, 0.5) is 4.39 Å². The van der Waals surface area contributed by atoms with E-state index in [4.69, 9.17) is 21.4 Å². The Kier molecular flexibility index (Phi) is 5.57. The lowest BCUT2D eigenvalue weighted by molar-refractivity contribution is -0.137. The van der Waals surface area contributed by atoms with Crippen LogP contribution in [-0.4, -0.2) is 29.6 Å². The first kappa shape index (κ1) is 15.2. The summed E-state index contributed by atoms with van der Waals surface area (Å²) in [6.07, 6.45) is -1.03. The molecule has 2 N–H and O–H groups in total. The van der Waals surface area contributed by atoms with E-state index < -0.39 is 23.8 Å². The summed E-state index contributed by atoms with van der Waals surface area (Å²) in [5.41, 5.74) is 0. The van der Waals surface area contributed by atoms with Crippen LogP contribution in [0.1, 0.15) is 13.3 Å². The van der Waals surface area contributed by atoms with Crippen LogP contribution in [0.15, 0.2) is 18.2 Å². The summed E-state index contributed by atoms with van der Waals surface area (Å²) >= 11 is 5.75. The molecular weight excluding hydrogens is 277 g/mol. The molecule has 0 radical (unpaired) electrons. The van der Waals surface area contributed by atoms with Gasteiger partial charge >= 0.3 is 5.97 Å². The van der Waals surface area contributed by atoms with E-state index >= 15 is 0 Å². The Morgan fingerprint density at radius 1 is 1.53 bits per heavy atom. The average molecular weight is 290 g/mol. The number of hydrogen-bond donors (Lipinski definition) is 2. The van der Waals surface area contributed by atoms with Crippen molar-refractivity contribution in [3.8, 4) is 5.75 Å². The first-order valence-electron chi connectivity index (χ1n) is 5.51. The molecule has 0 heterocycles. The Morgan fingerprint density at radius 3 is 2.79 bits per heavy atom. The normalized spacial score (nSPS) is 11.7. The summed E-state index contributed by atoms with van der Waals surface area (Å²) in [4.78, 5) is 21.8. The van der Waals surface area contributed by atoms with Gasteiger partial charge in [-0.15, -0.1) is 0 Å². The van der Waals surface area contributed by atoms with E-state index in [9.17, 15) is 14.0 Å². The quantitative estimate of drug-likeness (QED) is 0.838. The van der Waals surface area contributed by atoms with Crippen molar-refractivity contribution in [2.45, 2.75) is 19.4 Å². The molecule has 0 aliphatic carbocycles. The van der Waals surface area contributed by atoms with Gasteiger partial charge in [-0.2, -0.15) is 0 Å². The Bertz CT molecular complexity index is 481. The summed E-state index contributed by atoms with van der Waals surface area (Å²) in [6, 6.07) is 3.56. The van der Waals surface area contributed by atoms with Gasteiger partial charge in [0.2, 0.25) is 0 Å². The lowest BCUT2D eigenvalue weighted by atomic mass is 10.3.